The van der Waals surface area contributed by atoms with Crippen LogP contribution < -0.4 is 5.32 Å². The van der Waals surface area contributed by atoms with Crippen molar-refractivity contribution in [2.24, 2.45) is 0 Å². The number of hydrogen-bond acceptors (Lipinski definition) is 4. The van der Waals surface area contributed by atoms with Gasteiger partial charge in [0.05, 0.1) is 5.88 Å². The molecular weight excluding hydrogens is 258 g/mol. The zero-order valence-corrected chi connectivity index (χ0v) is 11.8. The molecule has 0 aromatic rings. The fourth-order valence-electron chi connectivity index (χ4n) is 1.82. The summed E-state index contributed by atoms with van der Waals surface area (Å²) in [5.41, 5.74) is -1.54. The van der Waals surface area contributed by atoms with Crippen LogP contribution in [0.15, 0.2) is 0 Å². The summed E-state index contributed by atoms with van der Waals surface area (Å²) in [6, 6.07) is 0. The molecule has 0 bridgehead atoms. The van der Waals surface area contributed by atoms with E-state index in [9.17, 15) is 9.59 Å². The van der Waals surface area contributed by atoms with Crippen LogP contribution in [0.1, 0.15) is 33.6 Å². The third-order valence-corrected chi connectivity index (χ3v) is 2.98. The number of ether oxygens (including phenoxy) is 2. The van der Waals surface area contributed by atoms with Gasteiger partial charge >= 0.3 is 6.09 Å². The largest absolute Gasteiger partial charge is 0.444 e. The van der Waals surface area contributed by atoms with E-state index >= 15 is 0 Å². The van der Waals surface area contributed by atoms with Crippen molar-refractivity contribution in [2.45, 2.75) is 44.8 Å². The Bertz CT molecular complexity index is 319. The summed E-state index contributed by atoms with van der Waals surface area (Å²) in [6.07, 6.45) is 0.262. The Labute approximate surface area is 112 Å². The number of nitrogens with one attached hydrogen (secondary N) is 1. The lowest BCUT2D eigenvalue weighted by atomic mass is 9.86. The first-order chi connectivity index (χ1) is 8.29. The van der Waals surface area contributed by atoms with Gasteiger partial charge in [0.2, 0.25) is 0 Å². The van der Waals surface area contributed by atoms with E-state index in [0.29, 0.717) is 26.1 Å². The van der Waals surface area contributed by atoms with Gasteiger partial charge in [0.25, 0.3) is 0 Å². The van der Waals surface area contributed by atoms with Crippen molar-refractivity contribution in [3.8, 4) is 0 Å². The molecule has 1 aliphatic heterocycles. The van der Waals surface area contributed by atoms with Gasteiger partial charge in [-0.15, -0.1) is 11.6 Å². The Balaban J connectivity index is 2.73. The maximum Gasteiger partial charge on any atom is 0.408 e. The van der Waals surface area contributed by atoms with E-state index in [1.807, 2.05) is 0 Å². The number of carbonyl (C=O) groups is 2. The number of halogens is 1. The number of alkyl carbamates (subject to hydrolysis) is 1. The highest BCUT2D eigenvalue weighted by atomic mass is 35.5. The number of Topliss-reactive ketones (excluding diaryl/α,β-unsaturated/α-hetero) is 1. The van der Waals surface area contributed by atoms with Gasteiger partial charge in [0.1, 0.15) is 11.1 Å². The second-order valence-electron chi connectivity index (χ2n) is 5.38. The number of amides is 1. The Morgan fingerprint density at radius 3 is 2.33 bits per heavy atom. The summed E-state index contributed by atoms with van der Waals surface area (Å²) in [6.45, 7) is 6.17. The number of carbonyl (C=O) groups excluding carboxylic acids is 2. The minimum absolute atomic E-state index is 0.129. The fraction of sp³-hybridized carbons (Fsp3) is 0.833. The van der Waals surface area contributed by atoms with Gasteiger partial charge in [-0.05, 0) is 20.8 Å². The lowest BCUT2D eigenvalue weighted by molar-refractivity contribution is -0.126. The van der Waals surface area contributed by atoms with Gasteiger partial charge < -0.3 is 14.8 Å². The van der Waals surface area contributed by atoms with E-state index in [2.05, 4.69) is 5.32 Å². The van der Waals surface area contributed by atoms with Crippen molar-refractivity contribution in [3.63, 3.8) is 0 Å². The van der Waals surface area contributed by atoms with Crippen LogP contribution in [-0.4, -0.2) is 42.1 Å². The molecule has 0 radical (unpaired) electrons. The standard InChI is InChI=1S/C12H20ClNO4/c1-11(2,3)18-10(16)14-12(9(15)8-13)4-6-17-7-5-12/h4-8H2,1-3H3,(H,14,16). The van der Waals surface area contributed by atoms with E-state index in [1.165, 1.54) is 0 Å². The molecule has 0 saturated carbocycles. The Kier molecular flexibility index (Phi) is 4.99. The summed E-state index contributed by atoms with van der Waals surface area (Å²) < 4.78 is 10.4. The molecule has 104 valence electrons. The molecule has 0 aliphatic carbocycles. The summed E-state index contributed by atoms with van der Waals surface area (Å²) in [4.78, 5) is 23.7. The van der Waals surface area contributed by atoms with Crippen LogP contribution in [0.3, 0.4) is 0 Å². The molecule has 1 aliphatic rings. The smallest absolute Gasteiger partial charge is 0.408 e. The van der Waals surface area contributed by atoms with Crippen LogP contribution in [0.2, 0.25) is 0 Å². The maximum absolute atomic E-state index is 11.9. The Morgan fingerprint density at radius 2 is 1.89 bits per heavy atom. The van der Waals surface area contributed by atoms with Crippen LogP contribution in [0, 0.1) is 0 Å². The highest BCUT2D eigenvalue weighted by Crippen LogP contribution is 2.23. The monoisotopic (exact) mass is 277 g/mol. The van der Waals surface area contributed by atoms with Crippen molar-refractivity contribution < 1.29 is 19.1 Å². The van der Waals surface area contributed by atoms with E-state index in [1.54, 1.807) is 20.8 Å². The van der Waals surface area contributed by atoms with Crippen LogP contribution in [0.5, 0.6) is 0 Å². The quantitative estimate of drug-likeness (QED) is 0.800. The topological polar surface area (TPSA) is 64.6 Å². The van der Waals surface area contributed by atoms with Crippen LogP contribution >= 0.6 is 11.6 Å². The SMILES string of the molecule is CC(C)(C)OC(=O)NC1(C(=O)CCl)CCOCC1. The predicted molar refractivity (Wildman–Crippen MR) is 67.9 cm³/mol. The van der Waals surface area contributed by atoms with E-state index in [4.69, 9.17) is 21.1 Å². The lowest BCUT2D eigenvalue weighted by Crippen LogP contribution is -2.58. The molecule has 1 fully saturated rings. The normalized spacial score (nSPS) is 19.1. The molecular formula is C12H20ClNO4. The van der Waals surface area contributed by atoms with Crippen molar-refractivity contribution in [1.29, 1.82) is 0 Å². The van der Waals surface area contributed by atoms with E-state index < -0.39 is 17.2 Å². The van der Waals surface area contributed by atoms with Gasteiger partial charge in [0.15, 0.2) is 5.78 Å². The third kappa shape index (κ3) is 4.14. The second-order valence-corrected chi connectivity index (χ2v) is 5.65. The molecule has 0 unspecified atom stereocenters. The lowest BCUT2D eigenvalue weighted by Gasteiger charge is -2.36. The number of ketones is 1. The van der Waals surface area contributed by atoms with Crippen molar-refractivity contribution in [1.82, 2.24) is 5.32 Å². The molecule has 1 amide bonds. The highest BCUT2D eigenvalue weighted by molar-refractivity contribution is 6.29. The summed E-state index contributed by atoms with van der Waals surface area (Å²) in [7, 11) is 0. The van der Waals surface area contributed by atoms with Crippen molar-refractivity contribution >= 4 is 23.5 Å². The molecule has 1 rings (SSSR count). The summed E-state index contributed by atoms with van der Waals surface area (Å²) >= 11 is 5.61. The number of alkyl halides is 1. The third-order valence-electron chi connectivity index (χ3n) is 2.74. The molecule has 0 aromatic carbocycles. The van der Waals surface area contributed by atoms with Crippen LogP contribution in [0.25, 0.3) is 0 Å². The second kappa shape index (κ2) is 5.89. The fourth-order valence-corrected chi connectivity index (χ4v) is 2.08. The molecule has 1 saturated heterocycles. The average molecular weight is 278 g/mol. The molecule has 5 nitrogen and oxygen atoms in total. The Morgan fingerprint density at radius 1 is 1.33 bits per heavy atom. The molecule has 0 atom stereocenters. The summed E-state index contributed by atoms with van der Waals surface area (Å²) in [5.74, 6) is -0.325. The molecule has 18 heavy (non-hydrogen) atoms. The summed E-state index contributed by atoms with van der Waals surface area (Å²) in [5, 5.41) is 2.66. The van der Waals surface area contributed by atoms with Gasteiger partial charge in [-0.2, -0.15) is 0 Å². The van der Waals surface area contributed by atoms with Crippen LogP contribution in [0.4, 0.5) is 4.79 Å². The Hall–Kier alpha value is -0.810. The van der Waals surface area contributed by atoms with Gasteiger partial charge in [-0.3, -0.25) is 4.79 Å². The molecule has 0 aromatic heterocycles. The maximum atomic E-state index is 11.9. The molecule has 0 spiro atoms. The van der Waals surface area contributed by atoms with Gasteiger partial charge in [0, 0.05) is 26.1 Å². The highest BCUT2D eigenvalue weighted by Gasteiger charge is 2.41. The average Bonchev–Trinajstić information content (AvgIpc) is 2.26. The molecule has 1 heterocycles. The first-order valence-corrected chi connectivity index (χ1v) is 6.51. The van der Waals surface area contributed by atoms with Crippen LogP contribution in [-0.2, 0) is 14.3 Å². The zero-order valence-electron chi connectivity index (χ0n) is 11.0. The van der Waals surface area contributed by atoms with Crippen molar-refractivity contribution in [2.75, 3.05) is 19.1 Å². The van der Waals surface area contributed by atoms with Gasteiger partial charge in [-0.25, -0.2) is 4.79 Å². The first-order valence-electron chi connectivity index (χ1n) is 5.97. The minimum Gasteiger partial charge on any atom is -0.444 e. The molecule has 1 N–H and O–H groups in total. The number of rotatable bonds is 3. The first kappa shape index (κ1) is 15.2. The van der Waals surface area contributed by atoms with Gasteiger partial charge in [-0.1, -0.05) is 0 Å². The molecule has 6 heteroatoms. The minimum atomic E-state index is -0.942. The number of hydrogen-bond donors (Lipinski definition) is 1. The zero-order chi connectivity index (χ0) is 13.8. The van der Waals surface area contributed by atoms with E-state index in [0.717, 1.165) is 0 Å². The predicted octanol–water partition coefficient (Wildman–Crippen LogP) is 1.87. The van der Waals surface area contributed by atoms with Crippen molar-refractivity contribution in [3.05, 3.63) is 0 Å². The van der Waals surface area contributed by atoms with E-state index in [-0.39, 0.29) is 11.7 Å².